The number of hydrogen-bond donors (Lipinski definition) is 1. The van der Waals surface area contributed by atoms with Crippen LogP contribution in [0.15, 0.2) is 95.4 Å². The van der Waals surface area contributed by atoms with Gasteiger partial charge in [-0.2, -0.15) is 0 Å². The van der Waals surface area contributed by atoms with Crippen LogP contribution in [0.3, 0.4) is 0 Å². The molecule has 6 rings (SSSR count). The summed E-state index contributed by atoms with van der Waals surface area (Å²) in [6.45, 7) is 3.49. The molecule has 0 saturated carbocycles. The van der Waals surface area contributed by atoms with Gasteiger partial charge in [0.25, 0.3) is 5.91 Å². The number of aliphatic hydroxyl groups is 1. The molecule has 0 bridgehead atoms. The van der Waals surface area contributed by atoms with Gasteiger partial charge < -0.3 is 38.5 Å². The van der Waals surface area contributed by atoms with Crippen molar-refractivity contribution in [2.45, 2.75) is 51.3 Å². The molecule has 1 N–H and O–H groups in total. The topological polar surface area (TPSA) is 151 Å². The van der Waals surface area contributed by atoms with Crippen molar-refractivity contribution < 1.29 is 72.8 Å². The third-order valence-corrected chi connectivity index (χ3v) is 8.92. The number of aliphatic hydroxyl groups excluding tert-OH is 1. The molecule has 0 fully saturated rings. The van der Waals surface area contributed by atoms with E-state index in [9.17, 15) is 24.6 Å². The molecule has 1 aliphatic heterocycles. The third kappa shape index (κ3) is 8.80. The molecule has 0 radical (unpaired) electrons. The van der Waals surface area contributed by atoms with Crippen LogP contribution in [0.2, 0.25) is 0 Å². The number of rotatable bonds is 14. The number of hydrogen-bond acceptors (Lipinski definition) is 10. The minimum atomic E-state index is -2.01. The second-order valence-electron chi connectivity index (χ2n) is 12.1. The summed E-state index contributed by atoms with van der Waals surface area (Å²) in [7, 11) is 0. The van der Waals surface area contributed by atoms with Crippen molar-refractivity contribution in [3.63, 3.8) is 0 Å². The Bertz CT molecular complexity index is 2010. The standard InChI is InChI=1S/C39H38N2O9.Na/c1-3-47-39(46)30(21-36(42)43)37(44)38(45)41(22-25-15-16-26-9-4-5-10-27(26)19-25)24(2)29(28-17-18-33-34(20-28)49-23-48-33)11-8-14-35-40-31-12-6-7-13-32(31)50-35;/h4-10,12-20,24,29-30,37,44H,3,11,21-23H2,1-2H3,(H,42,43);/q;+1/p-1/b14-8+;/t24-,29+,30+,37+;/m1./s1. The van der Waals surface area contributed by atoms with Gasteiger partial charge in [-0.3, -0.25) is 9.59 Å². The van der Waals surface area contributed by atoms with Crippen molar-refractivity contribution in [1.82, 2.24) is 9.88 Å². The Balaban J connectivity index is 0.00000504. The maximum atomic E-state index is 14.4. The van der Waals surface area contributed by atoms with Gasteiger partial charge in [-0.1, -0.05) is 60.7 Å². The number of carbonyl (C=O) groups excluding carboxylic acids is 3. The number of ether oxygens (including phenoxy) is 3. The summed E-state index contributed by atoms with van der Waals surface area (Å²) in [5.41, 5.74) is 2.98. The molecule has 12 heteroatoms. The number of carbonyl (C=O) groups is 3. The number of carboxylic acid groups (broad SMARTS) is 1. The first-order valence-corrected chi connectivity index (χ1v) is 16.5. The summed E-state index contributed by atoms with van der Waals surface area (Å²) in [5, 5.41) is 25.0. The second kappa shape index (κ2) is 17.0. The Hall–Kier alpha value is -4.68. The molecule has 2 heterocycles. The Morgan fingerprint density at radius 1 is 0.980 bits per heavy atom. The van der Waals surface area contributed by atoms with Crippen LogP contribution in [-0.2, 0) is 25.7 Å². The van der Waals surface area contributed by atoms with E-state index in [1.54, 1.807) is 13.0 Å². The number of esters is 1. The first-order valence-electron chi connectivity index (χ1n) is 16.5. The van der Waals surface area contributed by atoms with Gasteiger partial charge in [0.1, 0.15) is 11.6 Å². The van der Waals surface area contributed by atoms with Crippen LogP contribution < -0.4 is 44.1 Å². The molecule has 258 valence electrons. The van der Waals surface area contributed by atoms with E-state index in [0.717, 1.165) is 27.4 Å². The van der Waals surface area contributed by atoms with Gasteiger partial charge in [-0.15, -0.1) is 0 Å². The Morgan fingerprint density at radius 2 is 1.73 bits per heavy atom. The molecule has 1 aliphatic rings. The van der Waals surface area contributed by atoms with Crippen LogP contribution >= 0.6 is 0 Å². The predicted octanol–water partition coefficient (Wildman–Crippen LogP) is 2.00. The number of nitrogens with zero attached hydrogens (tertiary/aromatic N) is 2. The number of aliphatic carboxylic acids is 1. The van der Waals surface area contributed by atoms with E-state index in [-0.39, 0.29) is 55.4 Å². The monoisotopic (exact) mass is 700 g/mol. The average molecular weight is 701 g/mol. The third-order valence-electron chi connectivity index (χ3n) is 8.92. The molecule has 4 aromatic carbocycles. The van der Waals surface area contributed by atoms with Crippen molar-refractivity contribution in [2.24, 2.45) is 5.92 Å². The number of oxazole rings is 1. The molecule has 11 nitrogen and oxygen atoms in total. The van der Waals surface area contributed by atoms with Gasteiger partial charge >= 0.3 is 35.5 Å². The Labute approximate surface area is 317 Å². The minimum absolute atomic E-state index is 0. The summed E-state index contributed by atoms with van der Waals surface area (Å²) in [6.07, 6.45) is 1.18. The maximum absolute atomic E-state index is 14.4. The number of fused-ring (bicyclic) bond motifs is 3. The van der Waals surface area contributed by atoms with E-state index in [1.165, 1.54) is 4.90 Å². The van der Waals surface area contributed by atoms with E-state index < -0.39 is 42.3 Å². The van der Waals surface area contributed by atoms with E-state index in [4.69, 9.17) is 18.6 Å². The summed E-state index contributed by atoms with van der Waals surface area (Å²) in [4.78, 5) is 44.9. The summed E-state index contributed by atoms with van der Waals surface area (Å²) >= 11 is 0. The normalized spacial score (nSPS) is 14.5. The van der Waals surface area contributed by atoms with Gasteiger partial charge in [0.15, 0.2) is 17.1 Å². The largest absolute Gasteiger partial charge is 1.00 e. The van der Waals surface area contributed by atoms with E-state index in [0.29, 0.717) is 29.4 Å². The molecule has 51 heavy (non-hydrogen) atoms. The molecule has 1 aromatic heterocycles. The van der Waals surface area contributed by atoms with E-state index in [2.05, 4.69) is 4.98 Å². The fourth-order valence-electron chi connectivity index (χ4n) is 6.30. The average Bonchev–Trinajstić information content (AvgIpc) is 3.77. The molecular weight excluding hydrogens is 663 g/mol. The molecule has 0 saturated heterocycles. The number of para-hydroxylation sites is 2. The quantitative estimate of drug-likeness (QED) is 0.135. The number of benzene rings is 4. The van der Waals surface area contributed by atoms with Crippen LogP contribution in [-0.4, -0.2) is 58.4 Å². The zero-order valence-corrected chi connectivity index (χ0v) is 30.7. The van der Waals surface area contributed by atoms with Gasteiger partial charge in [0.05, 0.1) is 12.5 Å². The van der Waals surface area contributed by atoms with Gasteiger partial charge in [-0.25, -0.2) is 4.98 Å². The molecule has 1 amide bonds. The fourth-order valence-corrected chi connectivity index (χ4v) is 6.30. The van der Waals surface area contributed by atoms with Crippen LogP contribution in [0.1, 0.15) is 49.6 Å². The molecule has 0 spiro atoms. The maximum Gasteiger partial charge on any atom is 1.00 e. The zero-order valence-electron chi connectivity index (χ0n) is 28.7. The molecule has 0 aliphatic carbocycles. The van der Waals surface area contributed by atoms with Crippen LogP contribution in [0.4, 0.5) is 0 Å². The van der Waals surface area contributed by atoms with E-state index in [1.807, 2.05) is 97.9 Å². The zero-order chi connectivity index (χ0) is 35.2. The summed E-state index contributed by atoms with van der Waals surface area (Å²) < 4.78 is 22.1. The van der Waals surface area contributed by atoms with Gasteiger partial charge in [-0.05, 0) is 78.6 Å². The van der Waals surface area contributed by atoms with Crippen molar-refractivity contribution in [3.05, 3.63) is 108 Å². The summed E-state index contributed by atoms with van der Waals surface area (Å²) in [5.74, 6) is -3.88. The fraction of sp³-hybridized carbons (Fsp3) is 0.282. The first kappa shape index (κ1) is 37.6. The van der Waals surface area contributed by atoms with Crippen molar-refractivity contribution in [3.8, 4) is 11.5 Å². The van der Waals surface area contributed by atoms with Crippen LogP contribution in [0, 0.1) is 5.92 Å². The summed E-state index contributed by atoms with van der Waals surface area (Å²) in [6, 6.07) is 26.0. The molecule has 0 unspecified atom stereocenters. The van der Waals surface area contributed by atoms with Gasteiger partial charge in [0, 0.05) is 30.9 Å². The minimum Gasteiger partial charge on any atom is -0.550 e. The smallest absolute Gasteiger partial charge is 0.550 e. The number of allylic oxidation sites excluding steroid dienone is 1. The van der Waals surface area contributed by atoms with Crippen molar-refractivity contribution >= 4 is 45.8 Å². The molecular formula is C39H37N2NaO9. The molecule has 4 atom stereocenters. The Kier molecular flexibility index (Phi) is 12.5. The van der Waals surface area contributed by atoms with Crippen LogP contribution in [0.5, 0.6) is 11.5 Å². The molecule has 5 aromatic rings. The van der Waals surface area contributed by atoms with Gasteiger partial charge in [0.2, 0.25) is 12.7 Å². The van der Waals surface area contributed by atoms with Crippen molar-refractivity contribution in [1.29, 1.82) is 0 Å². The first-order chi connectivity index (χ1) is 24.2. The number of amides is 1. The van der Waals surface area contributed by atoms with Crippen molar-refractivity contribution in [2.75, 3.05) is 13.4 Å². The number of aromatic nitrogens is 1. The number of carboxylic acids is 1. The second-order valence-corrected chi connectivity index (χ2v) is 12.1. The van der Waals surface area contributed by atoms with E-state index >= 15 is 0 Å². The predicted molar refractivity (Wildman–Crippen MR) is 183 cm³/mol. The Morgan fingerprint density at radius 3 is 2.49 bits per heavy atom. The SMILES string of the molecule is CCOC(=O)[C@@H](CC(=O)[O-])[C@H](O)C(=O)N(Cc1ccc2ccccc2c1)[C@H](C)[C@H](C/C=C/c1nc2ccccc2o1)c1ccc2c(c1)OCO2.[Na+]. The van der Waals surface area contributed by atoms with Crippen LogP contribution in [0.25, 0.3) is 27.9 Å².